The molecule has 3 unspecified atom stereocenters. The summed E-state index contributed by atoms with van der Waals surface area (Å²) in [4.78, 5) is 14.9. The molecule has 6 rings (SSSR count). The quantitative estimate of drug-likeness (QED) is 0.421. The lowest BCUT2D eigenvalue weighted by Gasteiger charge is -2.41. The maximum Gasteiger partial charge on any atom is 0.251 e. The number of hydrogen-bond acceptors (Lipinski definition) is 7. The van der Waals surface area contributed by atoms with E-state index in [1.807, 2.05) is 66.7 Å². The van der Waals surface area contributed by atoms with Crippen LogP contribution >= 0.6 is 0 Å². The molecular weight excluding hydrogens is 520 g/mol. The highest BCUT2D eigenvalue weighted by molar-refractivity contribution is 5.94. The second-order valence-electron chi connectivity index (χ2n) is 11.0. The van der Waals surface area contributed by atoms with Gasteiger partial charge in [-0.1, -0.05) is 66.7 Å². The van der Waals surface area contributed by atoms with Crippen LogP contribution in [-0.4, -0.2) is 60.7 Å². The molecule has 0 bridgehead atoms. The Kier molecular flexibility index (Phi) is 8.76. The molecule has 2 N–H and O–H groups in total. The fourth-order valence-electron chi connectivity index (χ4n) is 5.85. The second-order valence-corrected chi connectivity index (χ2v) is 11.0. The SMILES string of the molecule is O=C(NCc1ccc(C2OC(CN3CCC4(CC3)OCCO4)CC(c3ccc(CO)cc3)O2)cc1)c1ccccc1. The summed E-state index contributed by atoms with van der Waals surface area (Å²) < 4.78 is 24.9. The summed E-state index contributed by atoms with van der Waals surface area (Å²) in [6.07, 6.45) is 1.83. The van der Waals surface area contributed by atoms with Crippen LogP contribution < -0.4 is 5.32 Å². The Morgan fingerprint density at radius 2 is 1.51 bits per heavy atom. The van der Waals surface area contributed by atoms with Gasteiger partial charge in [0, 0.05) is 56.6 Å². The molecule has 3 heterocycles. The van der Waals surface area contributed by atoms with Gasteiger partial charge >= 0.3 is 0 Å². The van der Waals surface area contributed by atoms with Crippen LogP contribution in [0, 0.1) is 0 Å². The normalized spacial score (nSPS) is 24.4. The van der Waals surface area contributed by atoms with Crippen molar-refractivity contribution in [1.82, 2.24) is 10.2 Å². The number of ether oxygens (including phenoxy) is 4. The van der Waals surface area contributed by atoms with Gasteiger partial charge in [0.25, 0.3) is 5.91 Å². The van der Waals surface area contributed by atoms with Crippen molar-refractivity contribution in [2.75, 3.05) is 32.8 Å². The monoisotopic (exact) mass is 558 g/mol. The van der Waals surface area contributed by atoms with Crippen LogP contribution in [0.25, 0.3) is 0 Å². The molecule has 3 atom stereocenters. The van der Waals surface area contributed by atoms with E-state index < -0.39 is 12.1 Å². The fourth-order valence-corrected chi connectivity index (χ4v) is 5.85. The first-order valence-electron chi connectivity index (χ1n) is 14.5. The molecule has 8 heteroatoms. The van der Waals surface area contributed by atoms with Gasteiger partial charge in [-0.15, -0.1) is 0 Å². The zero-order chi connectivity index (χ0) is 28.1. The molecule has 0 aliphatic carbocycles. The average Bonchev–Trinajstić information content (AvgIpc) is 3.49. The summed E-state index contributed by atoms with van der Waals surface area (Å²) in [6.45, 7) is 4.44. The van der Waals surface area contributed by atoms with Crippen molar-refractivity contribution < 1.29 is 28.8 Å². The predicted molar refractivity (Wildman–Crippen MR) is 153 cm³/mol. The smallest absolute Gasteiger partial charge is 0.251 e. The number of nitrogens with one attached hydrogen (secondary N) is 1. The Morgan fingerprint density at radius 1 is 0.854 bits per heavy atom. The average molecular weight is 559 g/mol. The lowest BCUT2D eigenvalue weighted by molar-refractivity contribution is -0.255. The zero-order valence-corrected chi connectivity index (χ0v) is 23.2. The standard InChI is InChI=1S/C33H38N2O6/c36-23-25-8-10-26(11-9-25)30-20-29(22-35-16-14-33(15-17-35)38-18-19-39-33)40-32(41-30)28-12-6-24(7-13-28)21-34-31(37)27-4-2-1-3-5-27/h1-13,29-30,32,36H,14-23H2,(H,34,37). The molecular formula is C33H38N2O6. The van der Waals surface area contributed by atoms with E-state index in [1.54, 1.807) is 12.1 Å². The van der Waals surface area contributed by atoms with Gasteiger partial charge in [-0.25, -0.2) is 0 Å². The molecule has 3 aromatic carbocycles. The van der Waals surface area contributed by atoms with Gasteiger partial charge in [-0.3, -0.25) is 4.79 Å². The van der Waals surface area contributed by atoms with Gasteiger partial charge in [0.15, 0.2) is 12.1 Å². The molecule has 3 aliphatic heterocycles. The van der Waals surface area contributed by atoms with Crippen molar-refractivity contribution >= 4 is 5.91 Å². The summed E-state index contributed by atoms with van der Waals surface area (Å²) in [5, 5.41) is 12.5. The van der Waals surface area contributed by atoms with Crippen LogP contribution in [0.5, 0.6) is 0 Å². The third-order valence-electron chi connectivity index (χ3n) is 8.25. The minimum absolute atomic E-state index is 0.0134. The number of carbonyl (C=O) groups excluding carboxylic acids is 1. The highest BCUT2D eigenvalue weighted by Crippen LogP contribution is 2.39. The van der Waals surface area contributed by atoms with Crippen LogP contribution in [0.2, 0.25) is 0 Å². The van der Waals surface area contributed by atoms with Gasteiger partial charge in [-0.2, -0.15) is 0 Å². The van der Waals surface area contributed by atoms with Crippen LogP contribution in [0.15, 0.2) is 78.9 Å². The molecule has 0 radical (unpaired) electrons. The van der Waals surface area contributed by atoms with E-state index in [4.69, 9.17) is 18.9 Å². The van der Waals surface area contributed by atoms with Gasteiger partial charge in [-0.05, 0) is 28.8 Å². The maximum atomic E-state index is 12.4. The lowest BCUT2D eigenvalue weighted by atomic mass is 9.98. The van der Waals surface area contributed by atoms with E-state index in [1.165, 1.54) is 0 Å². The molecule has 216 valence electrons. The Bertz CT molecular complexity index is 1270. The first-order chi connectivity index (χ1) is 20.1. The van der Waals surface area contributed by atoms with Crippen molar-refractivity contribution in [2.45, 2.75) is 56.7 Å². The molecule has 1 amide bonds. The molecule has 1 spiro atoms. The summed E-state index contributed by atoms with van der Waals surface area (Å²) in [7, 11) is 0. The maximum absolute atomic E-state index is 12.4. The number of likely N-dealkylation sites (tertiary alicyclic amines) is 1. The Morgan fingerprint density at radius 3 is 2.20 bits per heavy atom. The van der Waals surface area contributed by atoms with Crippen molar-refractivity contribution in [2.24, 2.45) is 0 Å². The third kappa shape index (κ3) is 6.86. The Balaban J connectivity index is 1.12. The molecule has 3 fully saturated rings. The fraction of sp³-hybridized carbons (Fsp3) is 0.424. The van der Waals surface area contributed by atoms with Gasteiger partial charge in [0.05, 0.1) is 32.0 Å². The van der Waals surface area contributed by atoms with Crippen LogP contribution in [0.1, 0.15) is 64.3 Å². The lowest BCUT2D eigenvalue weighted by Crippen LogP contribution is -2.48. The van der Waals surface area contributed by atoms with E-state index in [0.29, 0.717) is 25.3 Å². The van der Waals surface area contributed by atoms with Crippen LogP contribution in [0.4, 0.5) is 0 Å². The number of benzene rings is 3. The van der Waals surface area contributed by atoms with E-state index in [9.17, 15) is 9.90 Å². The van der Waals surface area contributed by atoms with E-state index in [-0.39, 0.29) is 24.7 Å². The zero-order valence-electron chi connectivity index (χ0n) is 23.2. The summed E-state index contributed by atoms with van der Waals surface area (Å²) >= 11 is 0. The van der Waals surface area contributed by atoms with Crippen molar-refractivity contribution in [3.05, 3.63) is 107 Å². The van der Waals surface area contributed by atoms with Gasteiger partial charge in [0.1, 0.15) is 0 Å². The molecule has 3 aromatic rings. The largest absolute Gasteiger partial charge is 0.392 e. The number of hydrogen-bond donors (Lipinski definition) is 2. The van der Waals surface area contributed by atoms with E-state index >= 15 is 0 Å². The molecule has 3 aliphatic rings. The number of aliphatic hydroxyl groups is 1. The number of piperidine rings is 1. The molecule has 3 saturated heterocycles. The molecule has 0 saturated carbocycles. The van der Waals surface area contributed by atoms with Crippen LogP contribution in [0.3, 0.4) is 0 Å². The highest BCUT2D eigenvalue weighted by Gasteiger charge is 2.41. The first kappa shape index (κ1) is 28.0. The Hall–Kier alpha value is -3.11. The summed E-state index contributed by atoms with van der Waals surface area (Å²) in [5.74, 6) is -0.490. The topological polar surface area (TPSA) is 89.5 Å². The third-order valence-corrected chi connectivity index (χ3v) is 8.25. The van der Waals surface area contributed by atoms with Gasteiger partial charge < -0.3 is 34.3 Å². The Labute approximate surface area is 241 Å². The minimum atomic E-state index is -0.512. The minimum Gasteiger partial charge on any atom is -0.392 e. The highest BCUT2D eigenvalue weighted by atomic mass is 16.7. The van der Waals surface area contributed by atoms with Crippen LogP contribution in [-0.2, 0) is 32.1 Å². The number of amides is 1. The number of nitrogens with zero attached hydrogens (tertiary/aromatic N) is 1. The number of carbonyl (C=O) groups is 1. The summed E-state index contributed by atoms with van der Waals surface area (Å²) in [5.41, 5.74) is 4.54. The first-order valence-corrected chi connectivity index (χ1v) is 14.5. The predicted octanol–water partition coefficient (Wildman–Crippen LogP) is 4.49. The second kappa shape index (κ2) is 12.8. The molecule has 8 nitrogen and oxygen atoms in total. The number of rotatable bonds is 8. The molecule has 41 heavy (non-hydrogen) atoms. The summed E-state index contributed by atoms with van der Waals surface area (Å²) in [6, 6.07) is 25.2. The van der Waals surface area contributed by atoms with Crippen molar-refractivity contribution in [1.29, 1.82) is 0 Å². The van der Waals surface area contributed by atoms with E-state index in [2.05, 4.69) is 10.2 Å². The van der Waals surface area contributed by atoms with E-state index in [0.717, 1.165) is 61.2 Å². The molecule has 0 aromatic heterocycles. The van der Waals surface area contributed by atoms with Crippen molar-refractivity contribution in [3.8, 4) is 0 Å². The number of aliphatic hydroxyl groups excluding tert-OH is 1. The van der Waals surface area contributed by atoms with Gasteiger partial charge in [0.2, 0.25) is 0 Å². The van der Waals surface area contributed by atoms with Crippen molar-refractivity contribution in [3.63, 3.8) is 0 Å².